The smallest absolute Gasteiger partial charge is 0.122 e. The van der Waals surface area contributed by atoms with Crippen LogP contribution in [0.2, 0.25) is 0 Å². The van der Waals surface area contributed by atoms with Gasteiger partial charge in [-0.3, -0.25) is 0 Å². The van der Waals surface area contributed by atoms with Crippen LogP contribution >= 0.6 is 9.24 Å². The summed E-state index contributed by atoms with van der Waals surface area (Å²) in [6.07, 6.45) is 1.68. The molecule has 1 aromatic heterocycles. The highest BCUT2D eigenvalue weighted by molar-refractivity contribution is 7.26. The summed E-state index contributed by atoms with van der Waals surface area (Å²) in [7, 11) is 2.51. The zero-order valence-corrected chi connectivity index (χ0v) is 5.29. The van der Waals surface area contributed by atoms with E-state index in [0.717, 1.165) is 5.50 Å². The SMILES string of the molecule is Cc1ccoc1P. The molecule has 1 unspecified atom stereocenters. The Morgan fingerprint density at radius 3 is 2.57 bits per heavy atom. The van der Waals surface area contributed by atoms with Gasteiger partial charge in [0.05, 0.1) is 6.26 Å². The second kappa shape index (κ2) is 1.67. The molecule has 2 heteroatoms. The summed E-state index contributed by atoms with van der Waals surface area (Å²) in [5, 5.41) is 0. The maximum absolute atomic E-state index is 4.93. The number of hydrogen-bond acceptors (Lipinski definition) is 1. The van der Waals surface area contributed by atoms with E-state index in [9.17, 15) is 0 Å². The molecule has 0 saturated heterocycles. The Kier molecular flexibility index (Phi) is 1.16. The van der Waals surface area contributed by atoms with E-state index in [4.69, 9.17) is 4.42 Å². The summed E-state index contributed by atoms with van der Waals surface area (Å²) >= 11 is 0. The minimum Gasteiger partial charge on any atom is -0.465 e. The lowest BCUT2D eigenvalue weighted by Crippen LogP contribution is -1.84. The summed E-state index contributed by atoms with van der Waals surface area (Å²) in [5.41, 5.74) is 2.12. The molecular weight excluding hydrogens is 107 g/mol. The maximum atomic E-state index is 4.93. The molecule has 0 radical (unpaired) electrons. The van der Waals surface area contributed by atoms with E-state index >= 15 is 0 Å². The lowest BCUT2D eigenvalue weighted by atomic mass is 10.4. The number of rotatable bonds is 0. The highest BCUT2D eigenvalue weighted by Crippen LogP contribution is 1.97. The van der Waals surface area contributed by atoms with E-state index < -0.39 is 0 Å². The summed E-state index contributed by atoms with van der Waals surface area (Å²) in [6, 6.07) is 1.93. The van der Waals surface area contributed by atoms with Gasteiger partial charge in [-0.15, -0.1) is 0 Å². The van der Waals surface area contributed by atoms with E-state index in [1.165, 1.54) is 5.56 Å². The van der Waals surface area contributed by atoms with Crippen LogP contribution in [0.15, 0.2) is 16.7 Å². The van der Waals surface area contributed by atoms with Crippen LogP contribution < -0.4 is 5.50 Å². The molecule has 38 valence electrons. The first-order valence-corrected chi connectivity index (χ1v) is 2.68. The first-order valence-electron chi connectivity index (χ1n) is 2.10. The second-order valence-electron chi connectivity index (χ2n) is 1.47. The van der Waals surface area contributed by atoms with Crippen molar-refractivity contribution in [3.05, 3.63) is 17.9 Å². The largest absolute Gasteiger partial charge is 0.465 e. The fourth-order valence-corrected chi connectivity index (χ4v) is 0.559. The van der Waals surface area contributed by atoms with Crippen molar-refractivity contribution in [2.24, 2.45) is 0 Å². The molecule has 0 aromatic carbocycles. The van der Waals surface area contributed by atoms with Gasteiger partial charge in [0.1, 0.15) is 5.50 Å². The molecule has 7 heavy (non-hydrogen) atoms. The summed E-state index contributed by atoms with van der Waals surface area (Å²) in [6.45, 7) is 2.01. The molecule has 1 nitrogen and oxygen atoms in total. The van der Waals surface area contributed by atoms with Crippen molar-refractivity contribution in [2.45, 2.75) is 6.92 Å². The van der Waals surface area contributed by atoms with Crippen molar-refractivity contribution in [1.29, 1.82) is 0 Å². The normalized spacial score (nSPS) is 9.43. The van der Waals surface area contributed by atoms with Crippen molar-refractivity contribution >= 4 is 14.7 Å². The van der Waals surface area contributed by atoms with E-state index in [0.29, 0.717) is 0 Å². The van der Waals surface area contributed by atoms with Crippen LogP contribution in [0.25, 0.3) is 0 Å². The van der Waals surface area contributed by atoms with E-state index in [1.807, 2.05) is 13.0 Å². The van der Waals surface area contributed by atoms with Crippen LogP contribution in [-0.4, -0.2) is 0 Å². The maximum Gasteiger partial charge on any atom is 0.122 e. The summed E-state index contributed by atoms with van der Waals surface area (Å²) in [4.78, 5) is 0. The standard InChI is InChI=1S/C5H7OP/c1-4-2-3-6-5(4)7/h2-3H,7H2,1H3. The Morgan fingerprint density at radius 2 is 2.43 bits per heavy atom. The molecule has 0 amide bonds. The minimum absolute atomic E-state index is 0.931. The topological polar surface area (TPSA) is 13.1 Å². The van der Waals surface area contributed by atoms with Crippen molar-refractivity contribution in [3.8, 4) is 0 Å². The summed E-state index contributed by atoms with van der Waals surface area (Å²) < 4.78 is 4.93. The van der Waals surface area contributed by atoms with Crippen LogP contribution in [-0.2, 0) is 0 Å². The Bertz CT molecular complexity index is 140. The highest BCUT2D eigenvalue weighted by atomic mass is 31.0. The molecule has 0 aliphatic heterocycles. The lowest BCUT2D eigenvalue weighted by molar-refractivity contribution is 0.603. The molecule has 1 aromatic rings. The molecule has 1 atom stereocenters. The van der Waals surface area contributed by atoms with Gasteiger partial charge in [0.25, 0.3) is 0 Å². The first-order chi connectivity index (χ1) is 3.30. The van der Waals surface area contributed by atoms with Crippen LogP contribution in [0, 0.1) is 6.92 Å². The number of aryl methyl sites for hydroxylation is 1. The highest BCUT2D eigenvalue weighted by Gasteiger charge is 1.89. The third-order valence-corrected chi connectivity index (χ3v) is 1.49. The molecule has 1 heterocycles. The second-order valence-corrected chi connectivity index (χ2v) is 1.99. The summed E-state index contributed by atoms with van der Waals surface area (Å²) in [5.74, 6) is 0. The molecule has 0 spiro atoms. The molecule has 0 aliphatic rings. The van der Waals surface area contributed by atoms with Gasteiger partial charge in [-0.05, 0) is 18.6 Å². The van der Waals surface area contributed by atoms with Gasteiger partial charge in [-0.1, -0.05) is 9.24 Å². The van der Waals surface area contributed by atoms with Crippen molar-refractivity contribution in [1.82, 2.24) is 0 Å². The molecule has 0 saturated carbocycles. The number of hydrogen-bond donors (Lipinski definition) is 0. The van der Waals surface area contributed by atoms with Gasteiger partial charge in [0, 0.05) is 0 Å². The molecule has 0 bridgehead atoms. The van der Waals surface area contributed by atoms with Crippen LogP contribution in [0.3, 0.4) is 0 Å². The Labute approximate surface area is 44.9 Å². The number of furan rings is 1. The fraction of sp³-hybridized carbons (Fsp3) is 0.200. The quantitative estimate of drug-likeness (QED) is 0.460. The zero-order chi connectivity index (χ0) is 5.28. The van der Waals surface area contributed by atoms with Gasteiger partial charge in [0.2, 0.25) is 0 Å². The predicted octanol–water partition coefficient (Wildman–Crippen LogP) is 1.09. The Morgan fingerprint density at radius 1 is 1.71 bits per heavy atom. The first kappa shape index (κ1) is 4.86. The fourth-order valence-electron chi connectivity index (χ4n) is 0.384. The van der Waals surface area contributed by atoms with E-state index in [1.54, 1.807) is 6.26 Å². The van der Waals surface area contributed by atoms with E-state index in [2.05, 4.69) is 9.24 Å². The third-order valence-electron chi connectivity index (χ3n) is 0.902. The van der Waals surface area contributed by atoms with Gasteiger partial charge in [0.15, 0.2) is 0 Å². The van der Waals surface area contributed by atoms with E-state index in [-0.39, 0.29) is 0 Å². The molecule has 0 aliphatic carbocycles. The molecule has 0 N–H and O–H groups in total. The molecular formula is C5H7OP. The van der Waals surface area contributed by atoms with Crippen LogP contribution in [0.1, 0.15) is 5.56 Å². The van der Waals surface area contributed by atoms with Gasteiger partial charge in [-0.2, -0.15) is 0 Å². The third kappa shape index (κ3) is 0.834. The minimum atomic E-state index is 0.931. The zero-order valence-electron chi connectivity index (χ0n) is 4.14. The average Bonchev–Trinajstić information content (AvgIpc) is 1.91. The molecule has 1 rings (SSSR count). The molecule has 0 fully saturated rings. The van der Waals surface area contributed by atoms with Crippen molar-refractivity contribution in [3.63, 3.8) is 0 Å². The lowest BCUT2D eigenvalue weighted by Gasteiger charge is -1.79. The van der Waals surface area contributed by atoms with Crippen molar-refractivity contribution in [2.75, 3.05) is 0 Å². The van der Waals surface area contributed by atoms with Gasteiger partial charge in [-0.25, -0.2) is 0 Å². The Hall–Kier alpha value is -0.290. The van der Waals surface area contributed by atoms with Gasteiger partial charge < -0.3 is 4.42 Å². The monoisotopic (exact) mass is 114 g/mol. The van der Waals surface area contributed by atoms with Gasteiger partial charge >= 0.3 is 0 Å². The van der Waals surface area contributed by atoms with Crippen molar-refractivity contribution < 1.29 is 4.42 Å². The van der Waals surface area contributed by atoms with Crippen LogP contribution in [0.5, 0.6) is 0 Å². The average molecular weight is 114 g/mol. The van der Waals surface area contributed by atoms with Crippen LogP contribution in [0.4, 0.5) is 0 Å². The Balaban J connectivity index is 3.12. The predicted molar refractivity (Wildman–Crippen MR) is 32.8 cm³/mol.